The van der Waals surface area contributed by atoms with E-state index in [1.807, 2.05) is 48.5 Å². The van der Waals surface area contributed by atoms with Crippen LogP contribution in [-0.4, -0.2) is 47.2 Å². The minimum Gasteiger partial charge on any atom is -0.507 e. The molecule has 0 aromatic heterocycles. The van der Waals surface area contributed by atoms with Gasteiger partial charge in [0.1, 0.15) is 17.6 Å². The fourth-order valence-electron chi connectivity index (χ4n) is 4.08. The molecule has 0 spiro atoms. The molecule has 1 saturated heterocycles. The Morgan fingerprint density at radius 2 is 1.62 bits per heavy atom. The van der Waals surface area contributed by atoms with Crippen LogP contribution in [0.2, 0.25) is 0 Å². The molecule has 6 nitrogen and oxygen atoms in total. The minimum absolute atomic E-state index is 0.0432. The van der Waals surface area contributed by atoms with Crippen molar-refractivity contribution >= 4 is 27.5 Å². The van der Waals surface area contributed by atoms with Crippen LogP contribution in [0.15, 0.2) is 65.1 Å². The Bertz CT molecular complexity index is 1180. The quantitative estimate of drug-likeness (QED) is 0.568. The maximum atomic E-state index is 13.2. The van der Waals surface area contributed by atoms with Crippen LogP contribution in [0.5, 0.6) is 11.5 Å². The number of nitriles is 1. The van der Waals surface area contributed by atoms with E-state index in [0.717, 1.165) is 11.3 Å². The first-order valence-electron chi connectivity index (χ1n) is 10.3. The minimum atomic E-state index is -0.108. The first-order chi connectivity index (χ1) is 15.5. The van der Waals surface area contributed by atoms with Crippen molar-refractivity contribution < 1.29 is 15.0 Å². The molecule has 0 radical (unpaired) electrons. The predicted octanol–water partition coefficient (Wildman–Crippen LogP) is 4.29. The average Bonchev–Trinajstić information content (AvgIpc) is 2.83. The van der Waals surface area contributed by atoms with Crippen LogP contribution in [0.25, 0.3) is 11.1 Å². The van der Waals surface area contributed by atoms with Gasteiger partial charge in [-0.3, -0.25) is 4.79 Å². The van der Waals surface area contributed by atoms with Gasteiger partial charge >= 0.3 is 0 Å². The second-order valence-corrected chi connectivity index (χ2v) is 8.41. The third-order valence-corrected chi connectivity index (χ3v) is 6.59. The molecular formula is C25H22BrN3O3. The van der Waals surface area contributed by atoms with E-state index >= 15 is 0 Å². The van der Waals surface area contributed by atoms with E-state index < -0.39 is 0 Å². The zero-order valence-corrected chi connectivity index (χ0v) is 18.9. The number of carbonyl (C=O) groups excluding carboxylic acids is 1. The molecule has 1 fully saturated rings. The SMILES string of the molecule is N#Cc1ccccc1N1CCN(C(=O)Cc2c(Br)c(O)cc(O)c2-c2ccccc2)CC1. The van der Waals surface area contributed by atoms with Crippen molar-refractivity contribution in [2.24, 2.45) is 0 Å². The van der Waals surface area contributed by atoms with Gasteiger partial charge in [-0.25, -0.2) is 0 Å². The third-order valence-electron chi connectivity index (χ3n) is 5.71. The molecule has 1 heterocycles. The van der Waals surface area contributed by atoms with Crippen molar-refractivity contribution in [2.45, 2.75) is 6.42 Å². The Morgan fingerprint density at radius 3 is 2.31 bits per heavy atom. The van der Waals surface area contributed by atoms with Gasteiger partial charge in [0.2, 0.25) is 5.91 Å². The summed E-state index contributed by atoms with van der Waals surface area (Å²) in [6.45, 7) is 2.31. The summed E-state index contributed by atoms with van der Waals surface area (Å²) in [4.78, 5) is 17.1. The molecule has 0 aliphatic carbocycles. The number of para-hydroxylation sites is 1. The highest BCUT2D eigenvalue weighted by atomic mass is 79.9. The van der Waals surface area contributed by atoms with Crippen molar-refractivity contribution in [3.63, 3.8) is 0 Å². The lowest BCUT2D eigenvalue weighted by Gasteiger charge is -2.36. The summed E-state index contributed by atoms with van der Waals surface area (Å²) in [6, 6.07) is 20.3. The Balaban J connectivity index is 1.54. The first kappa shape index (κ1) is 21.7. The van der Waals surface area contributed by atoms with Gasteiger partial charge in [-0.05, 0) is 39.2 Å². The lowest BCUT2D eigenvalue weighted by atomic mass is 9.95. The van der Waals surface area contributed by atoms with E-state index in [0.29, 0.717) is 47.3 Å². The predicted molar refractivity (Wildman–Crippen MR) is 127 cm³/mol. The Morgan fingerprint density at radius 1 is 0.969 bits per heavy atom. The smallest absolute Gasteiger partial charge is 0.227 e. The summed E-state index contributed by atoms with van der Waals surface area (Å²) in [5.41, 5.74) is 3.36. The molecule has 32 heavy (non-hydrogen) atoms. The van der Waals surface area contributed by atoms with Crippen LogP contribution in [0.4, 0.5) is 5.69 Å². The Kier molecular flexibility index (Phi) is 6.33. The topological polar surface area (TPSA) is 87.8 Å². The molecule has 4 rings (SSSR count). The average molecular weight is 492 g/mol. The summed E-state index contributed by atoms with van der Waals surface area (Å²) in [6.07, 6.45) is 0.0432. The third kappa shape index (κ3) is 4.27. The number of benzene rings is 3. The van der Waals surface area contributed by atoms with Crippen molar-refractivity contribution in [1.29, 1.82) is 5.26 Å². The maximum absolute atomic E-state index is 13.2. The maximum Gasteiger partial charge on any atom is 0.227 e. The summed E-state index contributed by atoms with van der Waals surface area (Å²) < 4.78 is 0.407. The lowest BCUT2D eigenvalue weighted by Crippen LogP contribution is -2.49. The second kappa shape index (κ2) is 9.33. The van der Waals surface area contributed by atoms with E-state index in [1.165, 1.54) is 6.07 Å². The molecule has 1 amide bonds. The molecule has 1 aliphatic rings. The number of phenolic OH excluding ortho intramolecular Hbond substituents is 2. The summed E-state index contributed by atoms with van der Waals surface area (Å²) >= 11 is 3.40. The molecular weight excluding hydrogens is 470 g/mol. The Hall–Kier alpha value is -3.50. The molecule has 0 unspecified atom stereocenters. The van der Waals surface area contributed by atoms with Gasteiger partial charge in [0.05, 0.1) is 22.1 Å². The molecule has 7 heteroatoms. The number of aromatic hydroxyl groups is 2. The molecule has 3 aromatic carbocycles. The highest BCUT2D eigenvalue weighted by Gasteiger charge is 2.26. The number of hydrogen-bond acceptors (Lipinski definition) is 5. The second-order valence-electron chi connectivity index (χ2n) is 7.62. The van der Waals surface area contributed by atoms with Crippen molar-refractivity contribution in [2.75, 3.05) is 31.1 Å². The van der Waals surface area contributed by atoms with Crippen LogP contribution < -0.4 is 4.90 Å². The lowest BCUT2D eigenvalue weighted by molar-refractivity contribution is -0.130. The van der Waals surface area contributed by atoms with E-state index in [2.05, 4.69) is 26.9 Å². The fourth-order valence-corrected chi connectivity index (χ4v) is 4.53. The number of piperazine rings is 1. The van der Waals surface area contributed by atoms with Crippen LogP contribution in [0.3, 0.4) is 0 Å². The number of phenols is 2. The number of amides is 1. The zero-order chi connectivity index (χ0) is 22.7. The van der Waals surface area contributed by atoms with Gasteiger partial charge in [-0.1, -0.05) is 42.5 Å². The van der Waals surface area contributed by atoms with Crippen molar-refractivity contribution in [3.8, 4) is 28.7 Å². The molecule has 3 aromatic rings. The van der Waals surface area contributed by atoms with Crippen LogP contribution in [0.1, 0.15) is 11.1 Å². The normalized spacial score (nSPS) is 13.6. The van der Waals surface area contributed by atoms with Crippen molar-refractivity contribution in [3.05, 3.63) is 76.3 Å². The number of halogens is 1. The summed E-state index contributed by atoms with van der Waals surface area (Å²) in [5, 5.41) is 30.1. The van der Waals surface area contributed by atoms with E-state index in [9.17, 15) is 20.3 Å². The van der Waals surface area contributed by atoms with Crippen LogP contribution >= 0.6 is 15.9 Å². The molecule has 162 valence electrons. The highest BCUT2D eigenvalue weighted by molar-refractivity contribution is 9.10. The molecule has 2 N–H and O–H groups in total. The molecule has 0 bridgehead atoms. The largest absolute Gasteiger partial charge is 0.507 e. The summed E-state index contributed by atoms with van der Waals surface area (Å²) in [5.74, 6) is -0.262. The zero-order valence-electron chi connectivity index (χ0n) is 17.3. The summed E-state index contributed by atoms with van der Waals surface area (Å²) in [7, 11) is 0. The standard InChI is InChI=1S/C25H22BrN3O3/c26-25-19(24(21(30)15-22(25)31)17-6-2-1-3-7-17)14-23(32)29-12-10-28(11-13-29)20-9-5-4-8-18(20)16-27/h1-9,15,30-31H,10-14H2. The van der Waals surface area contributed by atoms with Gasteiger partial charge in [0.15, 0.2) is 0 Å². The number of anilines is 1. The fraction of sp³-hybridized carbons (Fsp3) is 0.200. The number of rotatable bonds is 4. The highest BCUT2D eigenvalue weighted by Crippen LogP contribution is 2.42. The van der Waals surface area contributed by atoms with Gasteiger partial charge in [0, 0.05) is 37.8 Å². The van der Waals surface area contributed by atoms with Crippen LogP contribution in [0, 0.1) is 11.3 Å². The number of carbonyl (C=O) groups is 1. The van der Waals surface area contributed by atoms with E-state index in [1.54, 1.807) is 11.0 Å². The molecule has 0 atom stereocenters. The van der Waals surface area contributed by atoms with Crippen molar-refractivity contribution in [1.82, 2.24) is 4.90 Å². The number of nitrogens with zero attached hydrogens (tertiary/aromatic N) is 3. The van der Waals surface area contributed by atoms with Gasteiger partial charge in [-0.2, -0.15) is 5.26 Å². The Labute approximate surface area is 195 Å². The van der Waals surface area contributed by atoms with Gasteiger partial charge in [0.25, 0.3) is 0 Å². The molecule has 1 aliphatic heterocycles. The van der Waals surface area contributed by atoms with Crippen LogP contribution in [-0.2, 0) is 11.2 Å². The monoisotopic (exact) mass is 491 g/mol. The van der Waals surface area contributed by atoms with E-state index in [4.69, 9.17) is 0 Å². The first-order valence-corrected chi connectivity index (χ1v) is 11.1. The number of hydrogen-bond donors (Lipinski definition) is 2. The molecule has 0 saturated carbocycles. The van der Waals surface area contributed by atoms with E-state index in [-0.39, 0.29) is 23.8 Å². The van der Waals surface area contributed by atoms with Gasteiger partial charge < -0.3 is 20.0 Å². The van der Waals surface area contributed by atoms with Gasteiger partial charge in [-0.15, -0.1) is 0 Å².